The van der Waals surface area contributed by atoms with Gasteiger partial charge >= 0.3 is 5.63 Å². The predicted octanol–water partition coefficient (Wildman–Crippen LogP) is 5.77. The molecule has 3 rings (SSSR count). The fourth-order valence-corrected chi connectivity index (χ4v) is 4.15. The highest BCUT2D eigenvalue weighted by atomic mass is 79.9. The lowest BCUT2D eigenvalue weighted by Crippen LogP contribution is -2.03. The van der Waals surface area contributed by atoms with Crippen molar-refractivity contribution in [2.45, 2.75) is 26.7 Å². The summed E-state index contributed by atoms with van der Waals surface area (Å²) in [5.74, 6) is 0.925. The van der Waals surface area contributed by atoms with Crippen molar-refractivity contribution in [3.63, 3.8) is 0 Å². The normalized spacial score (nSPS) is 11.5. The van der Waals surface area contributed by atoms with Crippen LogP contribution in [0.3, 0.4) is 0 Å². The van der Waals surface area contributed by atoms with E-state index in [2.05, 4.69) is 34.8 Å². The van der Waals surface area contributed by atoms with E-state index < -0.39 is 5.63 Å². The zero-order chi connectivity index (χ0) is 17.6. The summed E-state index contributed by atoms with van der Waals surface area (Å²) >= 11 is 11.2. The van der Waals surface area contributed by atoms with Gasteiger partial charge in [-0.05, 0) is 34.5 Å². The maximum absolute atomic E-state index is 11.9. The van der Waals surface area contributed by atoms with Crippen LogP contribution in [0, 0.1) is 6.92 Å². The zero-order valence-corrected chi connectivity index (χ0v) is 16.7. The molecule has 24 heavy (non-hydrogen) atoms. The van der Waals surface area contributed by atoms with Crippen LogP contribution in [0.5, 0.6) is 5.75 Å². The summed E-state index contributed by atoms with van der Waals surface area (Å²) < 4.78 is 11.7. The number of rotatable bonds is 3. The van der Waals surface area contributed by atoms with Gasteiger partial charge in [-0.1, -0.05) is 25.4 Å². The molecule has 7 heteroatoms. The number of aryl methyl sites for hydroxylation is 1. The summed E-state index contributed by atoms with van der Waals surface area (Å²) in [6.07, 6.45) is 0. The lowest BCUT2D eigenvalue weighted by molar-refractivity contribution is 0.416. The van der Waals surface area contributed by atoms with Crippen LogP contribution in [0.25, 0.3) is 22.2 Å². The maximum Gasteiger partial charge on any atom is 0.355 e. The van der Waals surface area contributed by atoms with Crippen LogP contribution >= 0.6 is 38.9 Å². The molecule has 0 spiro atoms. The molecule has 0 fully saturated rings. The largest absolute Gasteiger partial charge is 0.495 e. The molecule has 4 nitrogen and oxygen atoms in total. The minimum absolute atomic E-state index is 0.0659. The highest BCUT2D eigenvalue weighted by Gasteiger charge is 2.21. The van der Waals surface area contributed by atoms with E-state index in [0.29, 0.717) is 28.2 Å². The number of thiazole rings is 1. The van der Waals surface area contributed by atoms with Crippen molar-refractivity contribution in [3.05, 3.63) is 41.9 Å². The highest BCUT2D eigenvalue weighted by Crippen LogP contribution is 2.43. The summed E-state index contributed by atoms with van der Waals surface area (Å²) in [5, 5.41) is 3.78. The van der Waals surface area contributed by atoms with E-state index in [9.17, 15) is 4.79 Å². The third-order valence-electron chi connectivity index (χ3n) is 3.77. The molecule has 0 N–H and O–H groups in total. The number of aromatic nitrogens is 1. The second kappa shape index (κ2) is 6.50. The summed E-state index contributed by atoms with van der Waals surface area (Å²) in [7, 11) is 1.57. The van der Waals surface area contributed by atoms with Gasteiger partial charge in [-0.25, -0.2) is 9.78 Å². The fraction of sp³-hybridized carbons (Fsp3) is 0.294. The highest BCUT2D eigenvalue weighted by molar-refractivity contribution is 9.10. The molecule has 0 saturated carbocycles. The first kappa shape index (κ1) is 17.5. The van der Waals surface area contributed by atoms with Crippen molar-refractivity contribution in [3.8, 4) is 17.0 Å². The Hall–Kier alpha value is -1.37. The number of fused-ring (bicyclic) bond motifs is 1. The number of benzene rings is 1. The van der Waals surface area contributed by atoms with Crippen molar-refractivity contribution in [1.29, 1.82) is 0 Å². The van der Waals surface area contributed by atoms with Gasteiger partial charge in [0.15, 0.2) is 0 Å². The second-order valence-corrected chi connectivity index (χ2v) is 7.76. The molecule has 0 amide bonds. The molecular formula is C17H15BrClNO3S. The van der Waals surface area contributed by atoms with Crippen molar-refractivity contribution in [2.24, 2.45) is 0 Å². The van der Waals surface area contributed by atoms with Crippen molar-refractivity contribution >= 4 is 49.8 Å². The SMILES string of the molecule is COc1c(Br)c(-c2csc(C(C)C)n2)cc2oc(=O)c(Cl)c(C)c12. The molecule has 0 aliphatic rings. The minimum atomic E-state index is -0.557. The van der Waals surface area contributed by atoms with Crippen molar-refractivity contribution in [1.82, 2.24) is 4.98 Å². The Kier molecular flexibility index (Phi) is 4.73. The average molecular weight is 429 g/mol. The summed E-state index contributed by atoms with van der Waals surface area (Å²) in [5.41, 5.74) is 2.13. The number of nitrogens with zero attached hydrogens (tertiary/aromatic N) is 1. The number of hydrogen-bond acceptors (Lipinski definition) is 5. The van der Waals surface area contributed by atoms with E-state index in [1.807, 2.05) is 5.38 Å². The number of hydrogen-bond donors (Lipinski definition) is 0. The molecule has 126 valence electrons. The standard InChI is InChI=1S/C17H15BrClNO3S/c1-7(2)16-20-10(6-24-16)9-5-11-12(15(22-4)13(9)18)8(3)14(19)17(21)23-11/h5-7H,1-4H3. The van der Waals surface area contributed by atoms with Gasteiger partial charge < -0.3 is 9.15 Å². The van der Waals surface area contributed by atoms with E-state index in [1.54, 1.807) is 31.4 Å². The molecule has 0 bridgehead atoms. The van der Waals surface area contributed by atoms with Crippen molar-refractivity contribution < 1.29 is 9.15 Å². The van der Waals surface area contributed by atoms with Gasteiger partial charge in [0.25, 0.3) is 0 Å². The number of ether oxygens (including phenoxy) is 1. The lowest BCUT2D eigenvalue weighted by Gasteiger charge is -2.13. The third kappa shape index (κ3) is 2.76. The number of methoxy groups -OCH3 is 1. The van der Waals surface area contributed by atoms with Crippen LogP contribution in [0.15, 0.2) is 25.1 Å². The first-order valence-electron chi connectivity index (χ1n) is 7.30. The third-order valence-corrected chi connectivity index (χ3v) is 6.14. The van der Waals surface area contributed by atoms with Gasteiger partial charge in [-0.3, -0.25) is 0 Å². The van der Waals surface area contributed by atoms with Crippen molar-refractivity contribution in [2.75, 3.05) is 7.11 Å². The predicted molar refractivity (Wildman–Crippen MR) is 102 cm³/mol. The molecular weight excluding hydrogens is 414 g/mol. The Morgan fingerprint density at radius 2 is 2.12 bits per heavy atom. The average Bonchev–Trinajstić information content (AvgIpc) is 3.03. The minimum Gasteiger partial charge on any atom is -0.495 e. The zero-order valence-electron chi connectivity index (χ0n) is 13.6. The Labute approximate surface area is 156 Å². The Balaban J connectivity index is 2.36. The Bertz CT molecular complexity index is 994. The van der Waals surface area contributed by atoms with E-state index in [0.717, 1.165) is 20.7 Å². The summed E-state index contributed by atoms with van der Waals surface area (Å²) in [6, 6.07) is 1.80. The Morgan fingerprint density at radius 3 is 2.71 bits per heavy atom. The van der Waals surface area contributed by atoms with Crippen LogP contribution in [0.4, 0.5) is 0 Å². The van der Waals surface area contributed by atoms with Gasteiger partial charge in [0, 0.05) is 16.9 Å². The molecule has 0 atom stereocenters. The van der Waals surface area contributed by atoms with Gasteiger partial charge in [0.2, 0.25) is 0 Å². The lowest BCUT2D eigenvalue weighted by atomic mass is 10.1. The van der Waals surface area contributed by atoms with Crippen LogP contribution < -0.4 is 10.4 Å². The molecule has 2 heterocycles. The van der Waals surface area contributed by atoms with Crippen LogP contribution in [0.1, 0.15) is 30.3 Å². The smallest absolute Gasteiger partial charge is 0.355 e. The summed E-state index contributed by atoms with van der Waals surface area (Å²) in [4.78, 5) is 16.6. The van der Waals surface area contributed by atoms with Crippen LogP contribution in [0.2, 0.25) is 5.02 Å². The van der Waals surface area contributed by atoms with E-state index in [1.165, 1.54) is 0 Å². The molecule has 0 radical (unpaired) electrons. The molecule has 0 saturated heterocycles. The molecule has 0 unspecified atom stereocenters. The molecule has 0 aliphatic carbocycles. The van der Waals surface area contributed by atoms with Gasteiger partial charge in [-0.2, -0.15) is 0 Å². The topological polar surface area (TPSA) is 52.3 Å². The van der Waals surface area contributed by atoms with Crippen LogP contribution in [-0.4, -0.2) is 12.1 Å². The van der Waals surface area contributed by atoms with Gasteiger partial charge in [0.1, 0.15) is 16.4 Å². The first-order valence-corrected chi connectivity index (χ1v) is 9.35. The molecule has 0 aliphatic heterocycles. The maximum atomic E-state index is 11.9. The fourth-order valence-electron chi connectivity index (χ4n) is 2.51. The Morgan fingerprint density at radius 1 is 1.42 bits per heavy atom. The van der Waals surface area contributed by atoms with E-state index >= 15 is 0 Å². The summed E-state index contributed by atoms with van der Waals surface area (Å²) in [6.45, 7) is 5.97. The molecule has 1 aromatic carbocycles. The quantitative estimate of drug-likeness (QED) is 0.497. The van der Waals surface area contributed by atoms with E-state index in [4.69, 9.17) is 20.8 Å². The second-order valence-electron chi connectivity index (χ2n) is 5.70. The van der Waals surface area contributed by atoms with Gasteiger partial charge in [-0.15, -0.1) is 11.3 Å². The van der Waals surface area contributed by atoms with Crippen LogP contribution in [-0.2, 0) is 0 Å². The van der Waals surface area contributed by atoms with E-state index in [-0.39, 0.29) is 5.02 Å². The first-order chi connectivity index (χ1) is 11.3. The number of halogens is 2. The molecule has 3 aromatic rings. The van der Waals surface area contributed by atoms with Gasteiger partial charge in [0.05, 0.1) is 27.7 Å². The molecule has 2 aromatic heterocycles. The monoisotopic (exact) mass is 427 g/mol.